The summed E-state index contributed by atoms with van der Waals surface area (Å²) in [5, 5.41) is 2.20. The van der Waals surface area contributed by atoms with Gasteiger partial charge in [-0.1, -0.05) is 56.3 Å². The first-order chi connectivity index (χ1) is 12.0. The van der Waals surface area contributed by atoms with E-state index in [4.69, 9.17) is 4.74 Å². The Bertz CT molecular complexity index is 736. The van der Waals surface area contributed by atoms with Crippen molar-refractivity contribution in [3.8, 4) is 0 Å². The first-order valence-corrected chi connectivity index (χ1v) is 8.09. The number of carbonyl (C=O) groups excluding carboxylic acids is 3. The van der Waals surface area contributed by atoms with E-state index >= 15 is 0 Å². The number of hydrogen-bond acceptors (Lipinski definition) is 4. The Morgan fingerprint density at radius 1 is 0.920 bits per heavy atom. The molecule has 0 bridgehead atoms. The van der Waals surface area contributed by atoms with Crippen molar-refractivity contribution in [3.05, 3.63) is 71.3 Å². The molecule has 5 heteroatoms. The van der Waals surface area contributed by atoms with Crippen LogP contribution < -0.4 is 5.32 Å². The normalized spacial score (nSPS) is 10.4. The Morgan fingerprint density at radius 3 is 2.16 bits per heavy atom. The Kier molecular flexibility index (Phi) is 6.46. The molecule has 0 unspecified atom stereocenters. The van der Waals surface area contributed by atoms with Gasteiger partial charge >= 0.3 is 5.97 Å². The first kappa shape index (κ1) is 18.4. The van der Waals surface area contributed by atoms with Gasteiger partial charge in [0.1, 0.15) is 0 Å². The highest BCUT2D eigenvalue weighted by molar-refractivity contribution is 5.98. The fourth-order valence-electron chi connectivity index (χ4n) is 2.24. The molecule has 0 saturated carbocycles. The number of ether oxygens (including phenoxy) is 1. The number of carbonyl (C=O) groups is 3. The number of benzene rings is 2. The molecule has 0 atom stereocenters. The van der Waals surface area contributed by atoms with Gasteiger partial charge in [0.15, 0.2) is 6.61 Å². The highest BCUT2D eigenvalue weighted by Crippen LogP contribution is 2.15. The third-order valence-electron chi connectivity index (χ3n) is 3.63. The molecule has 0 radical (unpaired) electrons. The molecule has 2 aromatic rings. The number of imide groups is 1. The minimum atomic E-state index is -0.645. The van der Waals surface area contributed by atoms with Gasteiger partial charge in [-0.25, -0.2) is 4.79 Å². The minimum absolute atomic E-state index is 0.0944. The van der Waals surface area contributed by atoms with Gasteiger partial charge in [0.05, 0.1) is 12.0 Å². The molecule has 0 aromatic heterocycles. The predicted molar refractivity (Wildman–Crippen MR) is 94.1 cm³/mol. The second-order valence-corrected chi connectivity index (χ2v) is 5.99. The molecule has 0 spiro atoms. The van der Waals surface area contributed by atoms with E-state index in [0.717, 1.165) is 11.1 Å². The van der Waals surface area contributed by atoms with Crippen LogP contribution in [0.25, 0.3) is 0 Å². The van der Waals surface area contributed by atoms with Gasteiger partial charge in [0.25, 0.3) is 5.91 Å². The highest BCUT2D eigenvalue weighted by Gasteiger charge is 2.13. The van der Waals surface area contributed by atoms with Crippen LogP contribution >= 0.6 is 0 Å². The van der Waals surface area contributed by atoms with Gasteiger partial charge in [-0.15, -0.1) is 0 Å². The molecule has 25 heavy (non-hydrogen) atoms. The second-order valence-electron chi connectivity index (χ2n) is 5.99. The Balaban J connectivity index is 1.79. The lowest BCUT2D eigenvalue weighted by molar-refractivity contribution is -0.132. The molecule has 0 aliphatic carbocycles. The zero-order valence-electron chi connectivity index (χ0n) is 14.3. The number of nitrogens with one attached hydrogen (secondary N) is 1. The number of rotatable bonds is 6. The molecule has 0 aliphatic heterocycles. The van der Waals surface area contributed by atoms with E-state index in [1.165, 1.54) is 0 Å². The van der Waals surface area contributed by atoms with Crippen LogP contribution in [0.3, 0.4) is 0 Å². The van der Waals surface area contributed by atoms with Crippen LogP contribution in [0.15, 0.2) is 54.6 Å². The lowest BCUT2D eigenvalue weighted by Crippen LogP contribution is -2.35. The lowest BCUT2D eigenvalue weighted by Gasteiger charge is -2.08. The molecule has 130 valence electrons. The summed E-state index contributed by atoms with van der Waals surface area (Å²) in [6.07, 6.45) is 0.0944. The summed E-state index contributed by atoms with van der Waals surface area (Å²) < 4.78 is 4.94. The van der Waals surface area contributed by atoms with Crippen LogP contribution in [0.4, 0.5) is 0 Å². The summed E-state index contributed by atoms with van der Waals surface area (Å²) in [6, 6.07) is 16.1. The van der Waals surface area contributed by atoms with E-state index in [0.29, 0.717) is 11.5 Å². The molecule has 2 aromatic carbocycles. The molecular weight excluding hydrogens is 318 g/mol. The molecule has 0 heterocycles. The topological polar surface area (TPSA) is 72.5 Å². The van der Waals surface area contributed by atoms with Gasteiger partial charge in [0.2, 0.25) is 5.91 Å². The van der Waals surface area contributed by atoms with Crippen molar-refractivity contribution in [2.24, 2.45) is 0 Å². The second kappa shape index (κ2) is 8.78. The van der Waals surface area contributed by atoms with Crippen LogP contribution in [0.1, 0.15) is 41.3 Å². The van der Waals surface area contributed by atoms with Gasteiger partial charge in [-0.05, 0) is 29.2 Å². The summed E-state index contributed by atoms with van der Waals surface area (Å²) >= 11 is 0. The molecule has 2 rings (SSSR count). The third kappa shape index (κ3) is 5.88. The summed E-state index contributed by atoms with van der Waals surface area (Å²) in [5.41, 5.74) is 2.28. The van der Waals surface area contributed by atoms with Gasteiger partial charge in [-0.3, -0.25) is 14.9 Å². The van der Waals surface area contributed by atoms with Crippen molar-refractivity contribution in [1.29, 1.82) is 0 Å². The van der Waals surface area contributed by atoms with Crippen molar-refractivity contribution in [3.63, 3.8) is 0 Å². The molecular formula is C20H21NO4. The highest BCUT2D eigenvalue weighted by atomic mass is 16.5. The standard InChI is InChI=1S/C20H21NO4/c1-14(2)16-8-10-17(11-9-16)20(24)25-13-19(23)21-18(22)12-15-6-4-3-5-7-15/h3-11,14H,12-13H2,1-2H3,(H,21,22,23). The minimum Gasteiger partial charge on any atom is -0.452 e. The van der Waals surface area contributed by atoms with Crippen molar-refractivity contribution < 1.29 is 19.1 Å². The molecule has 2 amide bonds. The van der Waals surface area contributed by atoms with Crippen molar-refractivity contribution >= 4 is 17.8 Å². The maximum absolute atomic E-state index is 11.9. The van der Waals surface area contributed by atoms with Gasteiger partial charge in [-0.2, -0.15) is 0 Å². The van der Waals surface area contributed by atoms with E-state index in [-0.39, 0.29) is 6.42 Å². The molecule has 0 saturated heterocycles. The number of hydrogen-bond donors (Lipinski definition) is 1. The average molecular weight is 339 g/mol. The van der Waals surface area contributed by atoms with Crippen LogP contribution in [0, 0.1) is 0 Å². The quantitative estimate of drug-likeness (QED) is 0.822. The summed E-state index contributed by atoms with van der Waals surface area (Å²) in [7, 11) is 0. The molecule has 0 aliphatic rings. The zero-order chi connectivity index (χ0) is 18.2. The maximum atomic E-state index is 11.9. The van der Waals surface area contributed by atoms with Crippen LogP contribution in [0.2, 0.25) is 0 Å². The van der Waals surface area contributed by atoms with Gasteiger partial charge in [0, 0.05) is 0 Å². The fraction of sp³-hybridized carbons (Fsp3) is 0.250. The van der Waals surface area contributed by atoms with E-state index in [9.17, 15) is 14.4 Å². The largest absolute Gasteiger partial charge is 0.452 e. The fourth-order valence-corrected chi connectivity index (χ4v) is 2.24. The van der Waals surface area contributed by atoms with E-state index in [2.05, 4.69) is 19.2 Å². The third-order valence-corrected chi connectivity index (χ3v) is 3.63. The number of amides is 2. The van der Waals surface area contributed by atoms with E-state index < -0.39 is 24.4 Å². The Morgan fingerprint density at radius 2 is 1.56 bits per heavy atom. The smallest absolute Gasteiger partial charge is 0.338 e. The molecule has 0 fully saturated rings. The number of esters is 1. The van der Waals surface area contributed by atoms with E-state index in [1.54, 1.807) is 24.3 Å². The van der Waals surface area contributed by atoms with E-state index in [1.807, 2.05) is 30.3 Å². The van der Waals surface area contributed by atoms with Crippen molar-refractivity contribution in [2.75, 3.05) is 6.61 Å². The predicted octanol–water partition coefficient (Wildman–Crippen LogP) is 2.85. The summed E-state index contributed by atoms with van der Waals surface area (Å²) in [5.74, 6) is -1.31. The van der Waals surface area contributed by atoms with Crippen LogP contribution in [-0.2, 0) is 20.7 Å². The average Bonchev–Trinajstić information content (AvgIpc) is 2.60. The monoisotopic (exact) mass is 339 g/mol. The maximum Gasteiger partial charge on any atom is 0.338 e. The first-order valence-electron chi connectivity index (χ1n) is 8.09. The summed E-state index contributed by atoms with van der Waals surface area (Å²) in [6.45, 7) is 3.62. The lowest BCUT2D eigenvalue weighted by atomic mass is 10.0. The molecule has 1 N–H and O–H groups in total. The Hall–Kier alpha value is -2.95. The van der Waals surface area contributed by atoms with Crippen molar-refractivity contribution in [2.45, 2.75) is 26.2 Å². The Labute approximate surface area is 147 Å². The zero-order valence-corrected chi connectivity index (χ0v) is 14.3. The van der Waals surface area contributed by atoms with Crippen molar-refractivity contribution in [1.82, 2.24) is 5.32 Å². The SMILES string of the molecule is CC(C)c1ccc(C(=O)OCC(=O)NC(=O)Cc2ccccc2)cc1. The van der Waals surface area contributed by atoms with Crippen LogP contribution in [0.5, 0.6) is 0 Å². The molecule has 5 nitrogen and oxygen atoms in total. The van der Waals surface area contributed by atoms with Crippen LogP contribution in [-0.4, -0.2) is 24.4 Å². The summed E-state index contributed by atoms with van der Waals surface area (Å²) in [4.78, 5) is 35.4. The van der Waals surface area contributed by atoms with Gasteiger partial charge < -0.3 is 4.74 Å².